The van der Waals surface area contributed by atoms with Crippen molar-refractivity contribution in [2.45, 2.75) is 11.9 Å². The van der Waals surface area contributed by atoms with Crippen LogP contribution < -0.4 is 0 Å². The lowest BCUT2D eigenvalue weighted by molar-refractivity contribution is 0.0783. The lowest BCUT2D eigenvalue weighted by atomic mass is 10.1. The van der Waals surface area contributed by atoms with E-state index >= 15 is 0 Å². The van der Waals surface area contributed by atoms with Gasteiger partial charge in [-0.1, -0.05) is 34.1 Å². The molecule has 18 heavy (non-hydrogen) atoms. The minimum atomic E-state index is 0.0413. The van der Waals surface area contributed by atoms with Crippen LogP contribution in [0.2, 0.25) is 0 Å². The summed E-state index contributed by atoms with van der Waals surface area (Å²) in [6.07, 6.45) is 1.86. The molecule has 4 heteroatoms. The number of amides is 1. The van der Waals surface area contributed by atoms with Gasteiger partial charge in [-0.15, -0.1) is 0 Å². The Morgan fingerprint density at radius 3 is 2.72 bits per heavy atom. The molecule has 0 aliphatic rings. The molecule has 1 N–H and O–H groups in total. The number of aromatic nitrogens is 1. The van der Waals surface area contributed by atoms with Gasteiger partial charge in [0.1, 0.15) is 0 Å². The molecule has 0 aliphatic heterocycles. The molecule has 3 nitrogen and oxygen atoms in total. The monoisotopic (exact) mass is 306 g/mol. The van der Waals surface area contributed by atoms with Gasteiger partial charge in [-0.3, -0.25) is 4.79 Å². The average molecular weight is 307 g/mol. The second-order valence-corrected chi connectivity index (χ2v) is 4.71. The number of nitrogens with one attached hydrogen (secondary N) is 1. The predicted octanol–water partition coefficient (Wildman–Crippen LogP) is 3.18. The van der Waals surface area contributed by atoms with Gasteiger partial charge in [0.05, 0.1) is 6.54 Å². The maximum atomic E-state index is 12.3. The molecule has 94 valence electrons. The third kappa shape index (κ3) is 2.82. The highest BCUT2D eigenvalue weighted by Gasteiger charge is 2.15. The van der Waals surface area contributed by atoms with E-state index in [-0.39, 0.29) is 5.91 Å². The third-order valence-corrected chi connectivity index (χ3v) is 3.41. The van der Waals surface area contributed by atoms with Crippen LogP contribution in [0.4, 0.5) is 0 Å². The molecule has 2 rings (SSSR count). The Morgan fingerprint density at radius 2 is 2.06 bits per heavy atom. The predicted molar refractivity (Wildman–Crippen MR) is 75.7 cm³/mol. The first-order chi connectivity index (χ1) is 8.72. The maximum absolute atomic E-state index is 12.3. The van der Waals surface area contributed by atoms with Gasteiger partial charge in [0.15, 0.2) is 0 Å². The van der Waals surface area contributed by atoms with E-state index in [2.05, 4.69) is 20.9 Å². The Hall–Kier alpha value is -1.55. The van der Waals surface area contributed by atoms with Crippen molar-refractivity contribution in [1.82, 2.24) is 9.88 Å². The van der Waals surface area contributed by atoms with Crippen molar-refractivity contribution in [3.8, 4) is 0 Å². The van der Waals surface area contributed by atoms with Crippen molar-refractivity contribution in [2.75, 3.05) is 7.05 Å². The highest BCUT2D eigenvalue weighted by Crippen LogP contribution is 2.15. The Balaban J connectivity index is 2.15. The zero-order valence-corrected chi connectivity index (χ0v) is 11.8. The van der Waals surface area contributed by atoms with Crippen LogP contribution in [-0.2, 0) is 11.9 Å². The number of H-pyrrole nitrogens is 1. The van der Waals surface area contributed by atoms with E-state index in [1.54, 1.807) is 4.90 Å². The Morgan fingerprint density at radius 1 is 1.28 bits per heavy atom. The van der Waals surface area contributed by atoms with Crippen molar-refractivity contribution in [3.63, 3.8) is 0 Å². The summed E-state index contributed by atoms with van der Waals surface area (Å²) < 4.78 is 0. The first-order valence-electron chi connectivity index (χ1n) is 5.74. The van der Waals surface area contributed by atoms with E-state index in [9.17, 15) is 4.79 Å². The molecule has 0 saturated heterocycles. The number of aromatic amines is 1. The number of alkyl halides is 1. The van der Waals surface area contributed by atoms with Crippen LogP contribution in [0.5, 0.6) is 0 Å². The Bertz CT molecular complexity index is 522. The number of carbonyl (C=O) groups is 1. The quantitative estimate of drug-likeness (QED) is 0.865. The molecule has 1 aromatic heterocycles. The van der Waals surface area contributed by atoms with E-state index in [4.69, 9.17) is 0 Å². The van der Waals surface area contributed by atoms with Gasteiger partial charge in [-0.2, -0.15) is 0 Å². The lowest BCUT2D eigenvalue weighted by Gasteiger charge is -2.18. The highest BCUT2D eigenvalue weighted by molar-refractivity contribution is 9.08. The van der Waals surface area contributed by atoms with Gasteiger partial charge in [0.2, 0.25) is 0 Å². The Kier molecular flexibility index (Phi) is 4.20. The standard InChI is InChI=1S/C14H15BrN2O/c1-17(10-12-6-4-8-16-12)14(18)13-7-3-2-5-11(13)9-15/h2-8,16H,9-10H2,1H3. The van der Waals surface area contributed by atoms with Gasteiger partial charge in [-0.25, -0.2) is 0 Å². The SMILES string of the molecule is CN(Cc1ccc[nH]1)C(=O)c1ccccc1CBr. The molecule has 1 amide bonds. The smallest absolute Gasteiger partial charge is 0.254 e. The van der Waals surface area contributed by atoms with Crippen molar-refractivity contribution in [2.24, 2.45) is 0 Å². The molecule has 1 heterocycles. The van der Waals surface area contributed by atoms with Crippen molar-refractivity contribution >= 4 is 21.8 Å². The summed E-state index contributed by atoms with van der Waals surface area (Å²) in [5.41, 5.74) is 2.80. The van der Waals surface area contributed by atoms with E-state index in [0.29, 0.717) is 11.9 Å². The summed E-state index contributed by atoms with van der Waals surface area (Å²) in [4.78, 5) is 17.2. The number of benzene rings is 1. The topological polar surface area (TPSA) is 36.1 Å². The Labute approximate surface area is 115 Å². The van der Waals surface area contributed by atoms with Gasteiger partial charge in [-0.05, 0) is 23.8 Å². The first-order valence-corrected chi connectivity index (χ1v) is 6.86. The summed E-state index contributed by atoms with van der Waals surface area (Å²) >= 11 is 3.41. The molecule has 0 radical (unpaired) electrons. The number of halogens is 1. The summed E-state index contributed by atoms with van der Waals surface area (Å²) in [6.45, 7) is 0.586. The molecule has 0 spiro atoms. The van der Waals surface area contributed by atoms with Gasteiger partial charge in [0.25, 0.3) is 5.91 Å². The number of hydrogen-bond acceptors (Lipinski definition) is 1. The summed E-state index contributed by atoms with van der Waals surface area (Å²) in [6, 6.07) is 11.6. The van der Waals surface area contributed by atoms with Crippen LogP contribution in [0.1, 0.15) is 21.6 Å². The van der Waals surface area contributed by atoms with Gasteiger partial charge >= 0.3 is 0 Å². The first kappa shape index (κ1) is 12.9. The number of nitrogens with zero attached hydrogens (tertiary/aromatic N) is 1. The van der Waals surface area contributed by atoms with Crippen LogP contribution in [0, 0.1) is 0 Å². The lowest BCUT2D eigenvalue weighted by Crippen LogP contribution is -2.27. The van der Waals surface area contributed by atoms with Crippen molar-refractivity contribution < 1.29 is 4.79 Å². The fraction of sp³-hybridized carbons (Fsp3) is 0.214. The summed E-state index contributed by atoms with van der Waals surface area (Å²) in [7, 11) is 1.81. The molecule has 1 aromatic carbocycles. The molecule has 0 unspecified atom stereocenters. The van der Waals surface area contributed by atoms with E-state index < -0.39 is 0 Å². The fourth-order valence-corrected chi connectivity index (χ4v) is 2.33. The molecule has 0 atom stereocenters. The van der Waals surface area contributed by atoms with Crippen LogP contribution in [-0.4, -0.2) is 22.8 Å². The zero-order chi connectivity index (χ0) is 13.0. The van der Waals surface area contributed by atoms with Crippen molar-refractivity contribution in [1.29, 1.82) is 0 Å². The van der Waals surface area contributed by atoms with Crippen LogP contribution in [0.3, 0.4) is 0 Å². The van der Waals surface area contributed by atoms with Crippen LogP contribution >= 0.6 is 15.9 Å². The third-order valence-electron chi connectivity index (χ3n) is 2.81. The fourth-order valence-electron chi connectivity index (χ4n) is 1.84. The highest BCUT2D eigenvalue weighted by atomic mass is 79.9. The van der Waals surface area contributed by atoms with Gasteiger partial charge < -0.3 is 9.88 Å². The second-order valence-electron chi connectivity index (χ2n) is 4.15. The van der Waals surface area contributed by atoms with Crippen LogP contribution in [0.15, 0.2) is 42.6 Å². The minimum Gasteiger partial charge on any atom is -0.364 e. The van der Waals surface area contributed by atoms with Gasteiger partial charge in [0, 0.05) is 29.8 Å². The van der Waals surface area contributed by atoms with Crippen molar-refractivity contribution in [3.05, 3.63) is 59.4 Å². The van der Waals surface area contributed by atoms with E-state index in [1.807, 2.05) is 49.6 Å². The van der Waals surface area contributed by atoms with Crippen LogP contribution in [0.25, 0.3) is 0 Å². The molecule has 0 saturated carbocycles. The molecular weight excluding hydrogens is 292 g/mol. The van der Waals surface area contributed by atoms with E-state index in [0.717, 1.165) is 16.8 Å². The maximum Gasteiger partial charge on any atom is 0.254 e. The largest absolute Gasteiger partial charge is 0.364 e. The zero-order valence-electron chi connectivity index (χ0n) is 10.2. The number of carbonyl (C=O) groups excluding carboxylic acids is 1. The number of rotatable bonds is 4. The summed E-state index contributed by atoms with van der Waals surface area (Å²) in [5, 5.41) is 0.686. The average Bonchev–Trinajstić information content (AvgIpc) is 2.90. The molecule has 0 bridgehead atoms. The molecular formula is C14H15BrN2O. The summed E-state index contributed by atoms with van der Waals surface area (Å²) in [5.74, 6) is 0.0413. The second kappa shape index (κ2) is 5.87. The number of hydrogen-bond donors (Lipinski definition) is 1. The molecule has 0 aliphatic carbocycles. The molecule has 2 aromatic rings. The normalized spacial score (nSPS) is 10.3. The molecule has 0 fully saturated rings. The minimum absolute atomic E-state index is 0.0413. The van der Waals surface area contributed by atoms with E-state index in [1.165, 1.54) is 0 Å².